The minimum atomic E-state index is -4.51. The molecule has 2 fully saturated rings. The highest BCUT2D eigenvalue weighted by atomic mass is 28.4. The van der Waals surface area contributed by atoms with Crippen LogP contribution in [0.25, 0.3) is 11.1 Å². The molecule has 1 aliphatic carbocycles. The molecule has 2 aliphatic rings. The largest absolute Gasteiger partial charge is 0.462 e. The van der Waals surface area contributed by atoms with Crippen molar-refractivity contribution in [3.63, 3.8) is 0 Å². The van der Waals surface area contributed by atoms with Gasteiger partial charge in [0.25, 0.3) is 0 Å². The molecular formula is C37H41F3O6Si. The van der Waals surface area contributed by atoms with Crippen molar-refractivity contribution in [3.05, 3.63) is 102 Å². The predicted octanol–water partition coefficient (Wildman–Crippen LogP) is 9.22. The van der Waals surface area contributed by atoms with E-state index in [1.807, 2.05) is 61.6 Å². The standard InChI is InChI=1S/C37H41F3O6Si/c1-36(2,3)47(4,5)46-34(43-28-14-9-13-27(21-28)37(38,39)40)16-10-15-29-30-22-33(41)44-32(30)23-31(29)45-35(42)26-19-17-25(18-20-26)24-11-7-6-8-12-24/h6-14,16-21,29-32,34H,15,22-23H2,1-5H3/t29-,30-,31-,32+,34?/m1/s1. The molecule has 0 bridgehead atoms. The smallest absolute Gasteiger partial charge is 0.416 e. The SMILES string of the molecule is CC(C)(C)[Si](C)(C)OC(C=CC[C@@H]1[C@H]2CC(=O)O[C@H]2C[C@H]1OC(=O)c1ccc(-c2ccccc2)cc1)Oc1cccc(C(F)(F)F)c1. The number of halogens is 3. The lowest BCUT2D eigenvalue weighted by atomic mass is 9.89. The average Bonchev–Trinajstić information content (AvgIpc) is 3.52. The molecule has 5 rings (SSSR count). The third kappa shape index (κ3) is 8.34. The average molecular weight is 667 g/mol. The quantitative estimate of drug-likeness (QED) is 0.0930. The molecule has 1 aliphatic heterocycles. The second-order valence-corrected chi connectivity index (χ2v) is 18.5. The molecule has 0 amide bonds. The minimum Gasteiger partial charge on any atom is -0.462 e. The molecule has 1 heterocycles. The number of rotatable bonds is 10. The van der Waals surface area contributed by atoms with Crippen molar-refractivity contribution < 1.29 is 41.4 Å². The van der Waals surface area contributed by atoms with E-state index in [1.165, 1.54) is 12.1 Å². The Morgan fingerprint density at radius 3 is 2.32 bits per heavy atom. The van der Waals surface area contributed by atoms with Crippen LogP contribution in [-0.2, 0) is 24.9 Å². The van der Waals surface area contributed by atoms with Gasteiger partial charge in [-0.2, -0.15) is 13.2 Å². The first-order chi connectivity index (χ1) is 22.1. The molecular weight excluding hydrogens is 625 g/mol. The molecule has 0 spiro atoms. The van der Waals surface area contributed by atoms with Gasteiger partial charge in [-0.1, -0.05) is 75.4 Å². The molecule has 250 valence electrons. The van der Waals surface area contributed by atoms with Gasteiger partial charge in [0.1, 0.15) is 18.0 Å². The summed E-state index contributed by atoms with van der Waals surface area (Å²) in [5.74, 6) is -1.04. The Morgan fingerprint density at radius 2 is 1.66 bits per heavy atom. The van der Waals surface area contributed by atoms with E-state index in [-0.39, 0.29) is 41.1 Å². The first-order valence-corrected chi connectivity index (χ1v) is 18.8. The van der Waals surface area contributed by atoms with Crippen molar-refractivity contribution in [2.24, 2.45) is 11.8 Å². The number of ether oxygens (including phenoxy) is 3. The highest BCUT2D eigenvalue weighted by molar-refractivity contribution is 6.74. The van der Waals surface area contributed by atoms with E-state index >= 15 is 0 Å². The van der Waals surface area contributed by atoms with Crippen molar-refractivity contribution in [1.82, 2.24) is 0 Å². The summed E-state index contributed by atoms with van der Waals surface area (Å²) < 4.78 is 64.3. The van der Waals surface area contributed by atoms with Crippen molar-refractivity contribution in [2.75, 3.05) is 0 Å². The minimum absolute atomic E-state index is 0.0361. The zero-order valence-corrected chi connectivity index (χ0v) is 28.3. The Labute approximate surface area is 275 Å². The normalized spacial score (nSPS) is 22.2. The van der Waals surface area contributed by atoms with E-state index in [1.54, 1.807) is 18.2 Å². The third-order valence-corrected chi connectivity index (χ3v) is 13.9. The van der Waals surface area contributed by atoms with Gasteiger partial charge < -0.3 is 18.6 Å². The number of esters is 2. The summed E-state index contributed by atoms with van der Waals surface area (Å²) in [5, 5.41) is -0.185. The molecule has 47 heavy (non-hydrogen) atoms. The van der Waals surface area contributed by atoms with Crippen molar-refractivity contribution >= 4 is 20.3 Å². The summed E-state index contributed by atoms with van der Waals surface area (Å²) in [5.41, 5.74) is 1.63. The fourth-order valence-electron chi connectivity index (χ4n) is 5.85. The molecule has 3 aromatic carbocycles. The molecule has 1 saturated carbocycles. The number of hydrogen-bond acceptors (Lipinski definition) is 6. The van der Waals surface area contributed by atoms with Crippen LogP contribution in [0, 0.1) is 11.8 Å². The lowest BCUT2D eigenvalue weighted by Crippen LogP contribution is -2.45. The molecule has 10 heteroatoms. The summed E-state index contributed by atoms with van der Waals surface area (Å²) in [6.45, 7) is 10.3. The number of benzene rings is 3. The Morgan fingerprint density at radius 1 is 0.979 bits per heavy atom. The van der Waals surface area contributed by atoms with Gasteiger partial charge in [0.15, 0.2) is 8.32 Å². The van der Waals surface area contributed by atoms with Gasteiger partial charge in [0.05, 0.1) is 17.5 Å². The Hall–Kier alpha value is -3.89. The maximum atomic E-state index is 13.4. The Bertz CT molecular complexity index is 1580. The maximum Gasteiger partial charge on any atom is 0.416 e. The Kier molecular flexibility index (Phi) is 10.0. The van der Waals surface area contributed by atoms with Crippen molar-refractivity contribution in [1.29, 1.82) is 0 Å². The van der Waals surface area contributed by atoms with E-state index in [0.717, 1.165) is 23.3 Å². The summed E-state index contributed by atoms with van der Waals surface area (Å²) in [4.78, 5) is 25.4. The van der Waals surface area contributed by atoms with Gasteiger partial charge >= 0.3 is 18.1 Å². The lowest BCUT2D eigenvalue weighted by Gasteiger charge is -2.38. The van der Waals surface area contributed by atoms with Crippen LogP contribution in [0.1, 0.15) is 56.0 Å². The monoisotopic (exact) mass is 666 g/mol. The van der Waals surface area contributed by atoms with E-state index in [0.29, 0.717) is 18.4 Å². The summed E-state index contributed by atoms with van der Waals surface area (Å²) in [6.07, 6.45) is -1.71. The fourth-order valence-corrected chi connectivity index (χ4v) is 6.91. The number of carbonyl (C=O) groups is 2. The maximum absolute atomic E-state index is 13.4. The molecule has 1 unspecified atom stereocenters. The van der Waals surface area contributed by atoms with Crippen LogP contribution in [-0.4, -0.2) is 38.8 Å². The van der Waals surface area contributed by atoms with Crippen LogP contribution in [0.5, 0.6) is 5.75 Å². The fraction of sp³-hybridized carbons (Fsp3) is 0.405. The molecule has 0 aromatic heterocycles. The van der Waals surface area contributed by atoms with E-state index < -0.39 is 38.4 Å². The lowest BCUT2D eigenvalue weighted by molar-refractivity contribution is -0.142. The van der Waals surface area contributed by atoms with Crippen LogP contribution in [0.15, 0.2) is 91.0 Å². The van der Waals surface area contributed by atoms with Gasteiger partial charge in [0, 0.05) is 18.3 Å². The highest BCUT2D eigenvalue weighted by Crippen LogP contribution is 2.45. The second kappa shape index (κ2) is 13.7. The number of hydrogen-bond donors (Lipinski definition) is 0. The molecule has 6 nitrogen and oxygen atoms in total. The summed E-state index contributed by atoms with van der Waals surface area (Å²) in [6, 6.07) is 21.8. The van der Waals surface area contributed by atoms with Gasteiger partial charge in [0.2, 0.25) is 6.29 Å². The zero-order valence-electron chi connectivity index (χ0n) is 27.3. The molecule has 3 aromatic rings. The van der Waals surface area contributed by atoms with Crippen molar-refractivity contribution in [2.45, 2.75) is 82.8 Å². The molecule has 1 saturated heterocycles. The van der Waals surface area contributed by atoms with Crippen LogP contribution in [0.4, 0.5) is 13.2 Å². The van der Waals surface area contributed by atoms with Crippen LogP contribution >= 0.6 is 0 Å². The van der Waals surface area contributed by atoms with Crippen LogP contribution < -0.4 is 4.74 Å². The van der Waals surface area contributed by atoms with E-state index in [9.17, 15) is 22.8 Å². The number of alkyl halides is 3. The van der Waals surface area contributed by atoms with Gasteiger partial charge in [-0.05, 0) is 72.1 Å². The highest BCUT2D eigenvalue weighted by Gasteiger charge is 2.51. The van der Waals surface area contributed by atoms with Gasteiger partial charge in [-0.25, -0.2) is 4.79 Å². The summed E-state index contributed by atoms with van der Waals surface area (Å²) in [7, 11) is -2.42. The second-order valence-electron chi connectivity index (χ2n) is 13.7. The van der Waals surface area contributed by atoms with Gasteiger partial charge in [-0.15, -0.1) is 0 Å². The van der Waals surface area contributed by atoms with E-state index in [2.05, 4.69) is 20.8 Å². The van der Waals surface area contributed by atoms with Gasteiger partial charge in [-0.3, -0.25) is 4.79 Å². The molecule has 0 N–H and O–H groups in total. The van der Waals surface area contributed by atoms with Crippen LogP contribution in [0.3, 0.4) is 0 Å². The van der Waals surface area contributed by atoms with Crippen LogP contribution in [0.2, 0.25) is 18.1 Å². The Balaban J connectivity index is 1.32. The van der Waals surface area contributed by atoms with Crippen molar-refractivity contribution in [3.8, 4) is 16.9 Å². The number of allylic oxidation sites excluding steroid dienone is 1. The molecule has 0 radical (unpaired) electrons. The zero-order chi connectivity index (χ0) is 34.0. The summed E-state index contributed by atoms with van der Waals surface area (Å²) >= 11 is 0. The number of fused-ring (bicyclic) bond motifs is 1. The first-order valence-electron chi connectivity index (χ1n) is 15.8. The third-order valence-electron chi connectivity index (χ3n) is 9.47. The predicted molar refractivity (Wildman–Crippen MR) is 175 cm³/mol. The molecule has 5 atom stereocenters. The van der Waals surface area contributed by atoms with E-state index in [4.69, 9.17) is 18.6 Å². The number of carbonyl (C=O) groups excluding carboxylic acids is 2. The topological polar surface area (TPSA) is 71.1 Å². The first kappa shape index (κ1) is 34.4.